The van der Waals surface area contributed by atoms with Crippen molar-refractivity contribution in [1.82, 2.24) is 5.32 Å². The van der Waals surface area contributed by atoms with Gasteiger partial charge in [-0.05, 0) is 42.3 Å². The molecule has 3 aromatic carbocycles. The molecule has 3 aromatic rings. The standard InChI is InChI=1S/C24H25NOS2/c1-19-6-5-7-21(16-19)17-27-15-14-25-24(26)22-12-10-20(11-13-22)18-28-23-8-3-2-4-9-23/h2-13,16H,14-15,17-18H2,1H3,(H,25,26). The van der Waals surface area contributed by atoms with E-state index in [1.165, 1.54) is 21.6 Å². The van der Waals surface area contributed by atoms with Crippen molar-refractivity contribution in [3.8, 4) is 0 Å². The van der Waals surface area contributed by atoms with Crippen molar-refractivity contribution in [2.24, 2.45) is 0 Å². The van der Waals surface area contributed by atoms with Crippen LogP contribution >= 0.6 is 23.5 Å². The molecule has 0 unspecified atom stereocenters. The topological polar surface area (TPSA) is 29.1 Å². The molecular formula is C24H25NOS2. The molecular weight excluding hydrogens is 382 g/mol. The second-order valence-electron chi connectivity index (χ2n) is 6.60. The van der Waals surface area contributed by atoms with Crippen LogP contribution < -0.4 is 5.32 Å². The number of benzene rings is 3. The maximum absolute atomic E-state index is 12.3. The molecule has 0 heterocycles. The van der Waals surface area contributed by atoms with Crippen molar-refractivity contribution in [1.29, 1.82) is 0 Å². The van der Waals surface area contributed by atoms with Crippen LogP contribution in [-0.2, 0) is 11.5 Å². The zero-order chi connectivity index (χ0) is 19.6. The van der Waals surface area contributed by atoms with Gasteiger partial charge in [0.2, 0.25) is 0 Å². The largest absolute Gasteiger partial charge is 0.351 e. The minimum Gasteiger partial charge on any atom is -0.351 e. The van der Waals surface area contributed by atoms with Gasteiger partial charge >= 0.3 is 0 Å². The first kappa shape index (κ1) is 20.6. The lowest BCUT2D eigenvalue weighted by Crippen LogP contribution is -2.25. The highest BCUT2D eigenvalue weighted by Crippen LogP contribution is 2.22. The molecule has 0 aliphatic heterocycles. The number of hydrogen-bond donors (Lipinski definition) is 1. The third-order valence-electron chi connectivity index (χ3n) is 4.25. The highest BCUT2D eigenvalue weighted by molar-refractivity contribution is 7.98. The molecule has 0 saturated heterocycles. The quantitative estimate of drug-likeness (QED) is 0.351. The molecule has 0 radical (unpaired) electrons. The average Bonchev–Trinajstić information content (AvgIpc) is 2.73. The second kappa shape index (κ2) is 11.0. The molecule has 1 amide bonds. The van der Waals surface area contributed by atoms with E-state index in [1.807, 2.05) is 42.1 Å². The van der Waals surface area contributed by atoms with Crippen LogP contribution in [0.4, 0.5) is 0 Å². The second-order valence-corrected chi connectivity index (χ2v) is 8.75. The number of thioether (sulfide) groups is 2. The van der Waals surface area contributed by atoms with Gasteiger partial charge in [-0.2, -0.15) is 11.8 Å². The predicted molar refractivity (Wildman–Crippen MR) is 122 cm³/mol. The van der Waals surface area contributed by atoms with Gasteiger partial charge in [-0.3, -0.25) is 4.79 Å². The lowest BCUT2D eigenvalue weighted by molar-refractivity contribution is 0.0956. The van der Waals surface area contributed by atoms with Crippen LogP contribution in [0.5, 0.6) is 0 Å². The Balaban J connectivity index is 1.37. The van der Waals surface area contributed by atoms with E-state index >= 15 is 0 Å². The summed E-state index contributed by atoms with van der Waals surface area (Å²) >= 11 is 3.64. The molecule has 0 fully saturated rings. The van der Waals surface area contributed by atoms with E-state index in [-0.39, 0.29) is 5.91 Å². The van der Waals surface area contributed by atoms with Crippen LogP contribution in [0.2, 0.25) is 0 Å². The van der Waals surface area contributed by atoms with Crippen LogP contribution in [0.3, 0.4) is 0 Å². The first-order valence-electron chi connectivity index (χ1n) is 9.39. The van der Waals surface area contributed by atoms with Crippen molar-refractivity contribution in [2.45, 2.75) is 23.3 Å². The SMILES string of the molecule is Cc1cccc(CSCCNC(=O)c2ccc(CSc3ccccc3)cc2)c1. The summed E-state index contributed by atoms with van der Waals surface area (Å²) in [4.78, 5) is 13.5. The third kappa shape index (κ3) is 6.77. The number of nitrogens with one attached hydrogen (secondary N) is 1. The van der Waals surface area contributed by atoms with Gasteiger partial charge in [0.1, 0.15) is 0 Å². The minimum absolute atomic E-state index is 0.00146. The maximum Gasteiger partial charge on any atom is 0.251 e. The molecule has 4 heteroatoms. The van der Waals surface area contributed by atoms with E-state index in [9.17, 15) is 4.79 Å². The third-order valence-corrected chi connectivity index (χ3v) is 6.36. The van der Waals surface area contributed by atoms with E-state index < -0.39 is 0 Å². The molecule has 144 valence electrons. The summed E-state index contributed by atoms with van der Waals surface area (Å²) in [6.07, 6.45) is 0. The maximum atomic E-state index is 12.3. The van der Waals surface area contributed by atoms with Crippen LogP contribution in [0.25, 0.3) is 0 Å². The van der Waals surface area contributed by atoms with Crippen LogP contribution in [0.15, 0.2) is 83.8 Å². The molecule has 3 rings (SSSR count). The van der Waals surface area contributed by atoms with E-state index in [0.717, 1.165) is 22.8 Å². The molecule has 2 nitrogen and oxygen atoms in total. The van der Waals surface area contributed by atoms with E-state index in [1.54, 1.807) is 11.8 Å². The fourth-order valence-corrected chi connectivity index (χ4v) is 4.45. The Bertz CT molecular complexity index is 879. The Hall–Kier alpha value is -2.17. The fourth-order valence-electron chi connectivity index (χ4n) is 2.77. The Kier molecular flexibility index (Phi) is 8.07. The minimum atomic E-state index is -0.00146. The van der Waals surface area contributed by atoms with Crippen molar-refractivity contribution >= 4 is 29.4 Å². The number of rotatable bonds is 9. The lowest BCUT2D eigenvalue weighted by atomic mass is 10.1. The molecule has 0 aliphatic carbocycles. The van der Waals surface area contributed by atoms with Crippen LogP contribution in [-0.4, -0.2) is 18.2 Å². The van der Waals surface area contributed by atoms with Gasteiger partial charge in [-0.1, -0.05) is 60.2 Å². The first-order valence-corrected chi connectivity index (χ1v) is 11.5. The summed E-state index contributed by atoms with van der Waals surface area (Å²) in [7, 11) is 0. The van der Waals surface area contributed by atoms with Crippen LogP contribution in [0, 0.1) is 6.92 Å². The summed E-state index contributed by atoms with van der Waals surface area (Å²) in [5, 5.41) is 3.01. The monoisotopic (exact) mass is 407 g/mol. The number of amides is 1. The van der Waals surface area contributed by atoms with E-state index in [0.29, 0.717) is 6.54 Å². The zero-order valence-corrected chi connectivity index (χ0v) is 17.7. The van der Waals surface area contributed by atoms with E-state index in [2.05, 4.69) is 60.8 Å². The van der Waals surface area contributed by atoms with Crippen molar-refractivity contribution in [2.75, 3.05) is 12.3 Å². The molecule has 0 aliphatic rings. The highest BCUT2D eigenvalue weighted by atomic mass is 32.2. The lowest BCUT2D eigenvalue weighted by Gasteiger charge is -2.07. The van der Waals surface area contributed by atoms with Crippen LogP contribution in [0.1, 0.15) is 27.0 Å². The van der Waals surface area contributed by atoms with Crippen molar-refractivity contribution in [3.63, 3.8) is 0 Å². The smallest absolute Gasteiger partial charge is 0.251 e. The molecule has 0 saturated carbocycles. The van der Waals surface area contributed by atoms with Crippen molar-refractivity contribution in [3.05, 3.63) is 101 Å². The van der Waals surface area contributed by atoms with Gasteiger partial charge in [0.15, 0.2) is 0 Å². The Morgan fingerprint density at radius 2 is 1.64 bits per heavy atom. The van der Waals surface area contributed by atoms with Gasteiger partial charge in [-0.15, -0.1) is 11.8 Å². The van der Waals surface area contributed by atoms with Gasteiger partial charge < -0.3 is 5.32 Å². The Morgan fingerprint density at radius 1 is 0.857 bits per heavy atom. The van der Waals surface area contributed by atoms with Gasteiger partial charge in [-0.25, -0.2) is 0 Å². The molecule has 1 N–H and O–H groups in total. The summed E-state index contributed by atoms with van der Waals surface area (Å²) in [6, 6.07) is 26.8. The number of carbonyl (C=O) groups excluding carboxylic acids is 1. The van der Waals surface area contributed by atoms with Gasteiger partial charge in [0.25, 0.3) is 5.91 Å². The predicted octanol–water partition coefficient (Wildman–Crippen LogP) is 5.95. The zero-order valence-electron chi connectivity index (χ0n) is 16.1. The first-order chi connectivity index (χ1) is 13.7. The summed E-state index contributed by atoms with van der Waals surface area (Å²) in [5.41, 5.74) is 4.56. The number of carbonyl (C=O) groups is 1. The highest BCUT2D eigenvalue weighted by Gasteiger charge is 2.05. The summed E-state index contributed by atoms with van der Waals surface area (Å²) < 4.78 is 0. The van der Waals surface area contributed by atoms with Crippen molar-refractivity contribution < 1.29 is 4.79 Å². The normalized spacial score (nSPS) is 10.6. The fraction of sp³-hybridized carbons (Fsp3) is 0.208. The average molecular weight is 408 g/mol. The van der Waals surface area contributed by atoms with Gasteiger partial charge in [0, 0.05) is 34.3 Å². The number of hydrogen-bond acceptors (Lipinski definition) is 3. The molecule has 0 bridgehead atoms. The molecule has 0 atom stereocenters. The molecule has 28 heavy (non-hydrogen) atoms. The molecule has 0 aromatic heterocycles. The Labute approximate surface area is 176 Å². The van der Waals surface area contributed by atoms with E-state index in [4.69, 9.17) is 0 Å². The van der Waals surface area contributed by atoms with Gasteiger partial charge in [0.05, 0.1) is 0 Å². The molecule has 0 spiro atoms. The summed E-state index contributed by atoms with van der Waals surface area (Å²) in [5.74, 6) is 2.79. The summed E-state index contributed by atoms with van der Waals surface area (Å²) in [6.45, 7) is 2.79. The Morgan fingerprint density at radius 3 is 2.39 bits per heavy atom. The number of aryl methyl sites for hydroxylation is 1.